The zero-order valence-corrected chi connectivity index (χ0v) is 14.0. The van der Waals surface area contributed by atoms with Gasteiger partial charge in [0.15, 0.2) is 0 Å². The summed E-state index contributed by atoms with van der Waals surface area (Å²) >= 11 is 0.889. The summed E-state index contributed by atoms with van der Waals surface area (Å²) in [6, 6.07) is -1.47. The number of nitrogens with two attached hydrogens (primary N) is 1. The molecule has 1 rings (SSSR count). The van der Waals surface area contributed by atoms with E-state index in [2.05, 4.69) is 0 Å². The van der Waals surface area contributed by atoms with Crippen LogP contribution in [0.15, 0.2) is 0 Å². The Kier molecular flexibility index (Phi) is 5.98. The van der Waals surface area contributed by atoms with Crippen LogP contribution >= 0.6 is 0 Å². The van der Waals surface area contributed by atoms with Crippen molar-refractivity contribution in [3.8, 4) is 11.5 Å². The second kappa shape index (κ2) is 7.09. The number of carboxylic acid groups (broad SMARTS) is 1. The number of methoxy groups -OCH3 is 1. The fourth-order valence-electron chi connectivity index (χ4n) is 1.58. The molecule has 116 valence electrons. The fourth-order valence-corrected chi connectivity index (χ4v) is 2.80. The number of ether oxygens (including phenoxy) is 2. The van der Waals surface area contributed by atoms with Gasteiger partial charge in [-0.3, -0.25) is 0 Å². The van der Waals surface area contributed by atoms with Crippen LogP contribution in [0, 0.1) is 36.4 Å². The summed E-state index contributed by atoms with van der Waals surface area (Å²) < 4.78 is 37.7. The van der Waals surface area contributed by atoms with Crippen LogP contribution in [0.1, 0.15) is 12.5 Å². The van der Waals surface area contributed by atoms with Gasteiger partial charge in [-0.05, 0) is 0 Å². The van der Waals surface area contributed by atoms with Crippen molar-refractivity contribution in [2.24, 2.45) is 5.73 Å². The molecule has 0 radical (unpaired) electrons. The Morgan fingerprint density at radius 1 is 1.33 bits per heavy atom. The topological polar surface area (TPSA) is 98.8 Å². The Morgan fingerprint density at radius 3 is 2.33 bits per heavy atom. The number of benzene rings is 1. The monoisotopic (exact) mass is 498 g/mol. The number of carboxylic acids is 1. The Balaban J connectivity index is 3.51. The van der Waals surface area contributed by atoms with Gasteiger partial charge in [0.2, 0.25) is 0 Å². The predicted molar refractivity (Wildman–Crippen MR) is 63.2 cm³/mol. The van der Waals surface area contributed by atoms with Crippen molar-refractivity contribution in [1.29, 1.82) is 0 Å². The molecular formula is C12H12AtF2NO5. The molecule has 21 heavy (non-hydrogen) atoms. The van der Waals surface area contributed by atoms with Crippen LogP contribution in [0.25, 0.3) is 0 Å². The van der Waals surface area contributed by atoms with E-state index in [1.165, 1.54) is 0 Å². The van der Waals surface area contributed by atoms with E-state index in [1.54, 1.807) is 0 Å². The molecule has 0 heterocycles. The summed E-state index contributed by atoms with van der Waals surface area (Å²) in [5.74, 6) is -5.42. The van der Waals surface area contributed by atoms with Gasteiger partial charge in [0, 0.05) is 0 Å². The number of hydrogen-bond acceptors (Lipinski definition) is 5. The van der Waals surface area contributed by atoms with Gasteiger partial charge >= 0.3 is 134 Å². The van der Waals surface area contributed by atoms with E-state index in [4.69, 9.17) is 20.3 Å². The molecule has 0 aliphatic carbocycles. The van der Waals surface area contributed by atoms with E-state index >= 15 is 0 Å². The Morgan fingerprint density at radius 2 is 1.90 bits per heavy atom. The number of esters is 1. The first-order valence-corrected chi connectivity index (χ1v) is 7.07. The number of hydrogen-bond donors (Lipinski definition) is 2. The number of carbonyl (C=O) groups is 2. The SMILES string of the molecule is COc1c(F)c(F)c(CC(N)C(=O)O)c(OC(C)=O)c1[At]. The predicted octanol–water partition coefficient (Wildman–Crippen LogP) is 0.0277. The third-order valence-electron chi connectivity index (χ3n) is 2.52. The van der Waals surface area contributed by atoms with E-state index in [0.717, 1.165) is 38.8 Å². The van der Waals surface area contributed by atoms with Gasteiger partial charge in [0.05, 0.1) is 0 Å². The zero-order chi connectivity index (χ0) is 16.3. The van der Waals surface area contributed by atoms with Crippen LogP contribution in [0.4, 0.5) is 8.78 Å². The molecule has 6 nitrogen and oxygen atoms in total. The maximum atomic E-state index is 14.1. The van der Waals surface area contributed by atoms with Crippen LogP contribution in [0.3, 0.4) is 0 Å². The summed E-state index contributed by atoms with van der Waals surface area (Å²) in [6.07, 6.45) is -0.527. The van der Waals surface area contributed by atoms with Crippen molar-refractivity contribution in [3.63, 3.8) is 0 Å². The van der Waals surface area contributed by atoms with Crippen molar-refractivity contribution in [2.45, 2.75) is 19.4 Å². The average molecular weight is 498 g/mol. The molecule has 3 N–H and O–H groups in total. The Hall–Kier alpha value is -1.34. The van der Waals surface area contributed by atoms with Crippen molar-refractivity contribution in [2.75, 3.05) is 7.11 Å². The first-order chi connectivity index (χ1) is 9.70. The summed E-state index contributed by atoms with van der Waals surface area (Å²) in [5, 5.41) is 8.78. The summed E-state index contributed by atoms with van der Waals surface area (Å²) in [4.78, 5) is 21.9. The van der Waals surface area contributed by atoms with Crippen molar-refractivity contribution < 1.29 is 57.7 Å². The second-order valence-corrected chi connectivity index (χ2v) is 5.49. The molecule has 1 aromatic carbocycles. The van der Waals surface area contributed by atoms with Crippen molar-refractivity contribution in [1.82, 2.24) is 0 Å². The third-order valence-corrected chi connectivity index (χ3v) is 3.86. The summed E-state index contributed by atoms with van der Waals surface area (Å²) in [5.41, 5.74) is 4.93. The van der Waals surface area contributed by atoms with Gasteiger partial charge in [-0.2, -0.15) is 0 Å². The van der Waals surface area contributed by atoms with E-state index in [1.807, 2.05) is 0 Å². The summed E-state index contributed by atoms with van der Waals surface area (Å²) in [7, 11) is 1.14. The van der Waals surface area contributed by atoms with Crippen LogP contribution < -0.4 is 18.5 Å². The minimum atomic E-state index is -1.47. The molecule has 1 unspecified atom stereocenters. The number of carbonyl (C=O) groups excluding carboxylic acids is 1. The van der Waals surface area contributed by atoms with Gasteiger partial charge in [-0.1, -0.05) is 0 Å². The second-order valence-electron chi connectivity index (χ2n) is 4.03. The third kappa shape index (κ3) is 3.86. The molecule has 0 aliphatic heterocycles. The minimum absolute atomic E-state index is 0.0965. The molecule has 0 saturated carbocycles. The molecule has 0 saturated heterocycles. The maximum absolute atomic E-state index is 14.1. The normalized spacial score (nSPS) is 11.9. The fraction of sp³-hybridized carbons (Fsp3) is 0.333. The Labute approximate surface area is 134 Å². The van der Waals surface area contributed by atoms with Crippen molar-refractivity contribution in [3.05, 3.63) is 17.2 Å². The standard InChI is InChI=1S/C12H12AtF2NO5/c1-4(17)21-10-5(3-6(16)12(18)19)8(14)9(15)11(20-2)7(10)13/h6H,3,16H2,1-2H3,(H,18,19). The molecule has 0 fully saturated rings. The number of halogens is 2. The first-order valence-electron chi connectivity index (χ1n) is 5.60. The van der Waals surface area contributed by atoms with Crippen LogP contribution in [-0.4, -0.2) is 30.2 Å². The molecular weight excluding hydrogens is 486 g/mol. The number of rotatable bonds is 5. The van der Waals surface area contributed by atoms with Gasteiger partial charge in [0.25, 0.3) is 0 Å². The van der Waals surface area contributed by atoms with E-state index in [9.17, 15) is 18.4 Å². The molecule has 1 aromatic rings. The van der Waals surface area contributed by atoms with Crippen LogP contribution in [0.2, 0.25) is 0 Å². The zero-order valence-electron chi connectivity index (χ0n) is 11.1. The quantitative estimate of drug-likeness (QED) is 0.439. The van der Waals surface area contributed by atoms with Crippen LogP contribution in [0.5, 0.6) is 11.5 Å². The molecule has 0 aromatic heterocycles. The van der Waals surface area contributed by atoms with Gasteiger partial charge in [-0.25, -0.2) is 0 Å². The van der Waals surface area contributed by atoms with Gasteiger partial charge in [0.1, 0.15) is 0 Å². The number of aliphatic carboxylic acids is 1. The van der Waals surface area contributed by atoms with E-state index < -0.39 is 47.3 Å². The summed E-state index contributed by atoms with van der Waals surface area (Å²) in [6.45, 7) is 1.08. The van der Waals surface area contributed by atoms with Gasteiger partial charge in [-0.15, -0.1) is 0 Å². The first kappa shape index (κ1) is 17.7. The van der Waals surface area contributed by atoms with Crippen molar-refractivity contribution >= 4 is 15.2 Å². The average Bonchev–Trinajstić information content (AvgIpc) is 2.40. The molecule has 0 bridgehead atoms. The molecule has 9 heteroatoms. The Bertz CT molecular complexity index is 594. The molecule has 0 amide bonds. The molecule has 0 spiro atoms. The van der Waals surface area contributed by atoms with Crippen LogP contribution in [-0.2, 0) is 16.0 Å². The van der Waals surface area contributed by atoms with E-state index in [-0.39, 0.29) is 9.02 Å². The van der Waals surface area contributed by atoms with E-state index in [0.29, 0.717) is 0 Å². The molecule has 0 aliphatic rings. The molecule has 1 atom stereocenters. The van der Waals surface area contributed by atoms with Gasteiger partial charge < -0.3 is 0 Å².